The molecule has 0 aliphatic rings. The Bertz CT molecular complexity index is 806. The van der Waals surface area contributed by atoms with Gasteiger partial charge in [-0.15, -0.1) is 0 Å². The van der Waals surface area contributed by atoms with Crippen LogP contribution in [0, 0.1) is 12.8 Å². The van der Waals surface area contributed by atoms with Crippen molar-refractivity contribution in [2.45, 2.75) is 40.2 Å². The molecule has 1 unspecified atom stereocenters. The number of rotatable bonds is 5. The van der Waals surface area contributed by atoms with Crippen LogP contribution in [0.25, 0.3) is 5.78 Å². The van der Waals surface area contributed by atoms with Gasteiger partial charge < -0.3 is 5.32 Å². The Morgan fingerprint density at radius 3 is 2.70 bits per heavy atom. The van der Waals surface area contributed by atoms with Crippen LogP contribution in [0.15, 0.2) is 36.7 Å². The molecule has 0 radical (unpaired) electrons. The first kappa shape index (κ1) is 15.5. The molecular weight excluding hydrogens is 286 g/mol. The normalized spacial score (nSPS) is 12.7. The van der Waals surface area contributed by atoms with Gasteiger partial charge in [0.15, 0.2) is 0 Å². The topological polar surface area (TPSA) is 55.1 Å². The quantitative estimate of drug-likeness (QED) is 0.779. The molecule has 23 heavy (non-hydrogen) atoms. The number of anilines is 1. The molecule has 1 atom stereocenters. The van der Waals surface area contributed by atoms with Crippen molar-refractivity contribution in [3.63, 3.8) is 0 Å². The van der Waals surface area contributed by atoms with Crippen molar-refractivity contribution in [3.05, 3.63) is 53.5 Å². The van der Waals surface area contributed by atoms with Crippen molar-refractivity contribution in [1.82, 2.24) is 19.6 Å². The van der Waals surface area contributed by atoms with E-state index in [-0.39, 0.29) is 6.04 Å². The van der Waals surface area contributed by atoms with E-state index in [0.717, 1.165) is 17.9 Å². The summed E-state index contributed by atoms with van der Waals surface area (Å²) in [7, 11) is 0. The van der Waals surface area contributed by atoms with Crippen molar-refractivity contribution >= 4 is 11.6 Å². The molecule has 0 saturated heterocycles. The van der Waals surface area contributed by atoms with Crippen molar-refractivity contribution < 1.29 is 0 Å². The Kier molecular flexibility index (Phi) is 4.28. The van der Waals surface area contributed by atoms with Gasteiger partial charge in [0.2, 0.25) is 0 Å². The average molecular weight is 309 g/mol. The number of aromatic nitrogens is 4. The fraction of sp³-hybridized carbons (Fsp3) is 0.389. The monoisotopic (exact) mass is 309 g/mol. The molecule has 0 saturated carbocycles. The molecule has 0 aliphatic carbocycles. The summed E-state index contributed by atoms with van der Waals surface area (Å²) in [6.07, 6.45) is 2.42. The highest BCUT2D eigenvalue weighted by Crippen LogP contribution is 2.29. The molecule has 2 aromatic heterocycles. The molecule has 0 aliphatic heterocycles. The first-order valence-corrected chi connectivity index (χ1v) is 8.12. The van der Waals surface area contributed by atoms with Gasteiger partial charge in [-0.05, 0) is 30.4 Å². The zero-order chi connectivity index (χ0) is 16.4. The molecule has 0 fully saturated rings. The van der Waals surface area contributed by atoms with E-state index in [9.17, 15) is 0 Å². The van der Waals surface area contributed by atoms with E-state index >= 15 is 0 Å². The lowest BCUT2D eigenvalue weighted by atomic mass is 9.92. The van der Waals surface area contributed by atoms with Crippen LogP contribution in [0.5, 0.6) is 0 Å². The predicted molar refractivity (Wildman–Crippen MR) is 92.5 cm³/mol. The van der Waals surface area contributed by atoms with E-state index in [1.54, 1.807) is 10.8 Å². The third-order valence-corrected chi connectivity index (χ3v) is 4.16. The zero-order valence-corrected chi connectivity index (χ0v) is 14.1. The van der Waals surface area contributed by atoms with Crippen LogP contribution in [0.4, 0.5) is 5.82 Å². The maximum Gasteiger partial charge on any atom is 0.254 e. The lowest BCUT2D eigenvalue weighted by Crippen LogP contribution is -2.20. The summed E-state index contributed by atoms with van der Waals surface area (Å²) in [5.74, 6) is 2.01. The standard InChI is InChI=1S/C18H23N5/c1-5-14-10-16(23-18(21-14)19-11-20-23)22-17(12(2)3)15-9-7-6-8-13(15)4/h6-12,17,22H,5H2,1-4H3. The highest BCUT2D eigenvalue weighted by atomic mass is 15.4. The Balaban J connectivity index is 2.04. The summed E-state index contributed by atoms with van der Waals surface area (Å²) in [5.41, 5.74) is 3.62. The highest BCUT2D eigenvalue weighted by molar-refractivity contribution is 5.47. The summed E-state index contributed by atoms with van der Waals surface area (Å²) in [5, 5.41) is 7.96. The van der Waals surface area contributed by atoms with Gasteiger partial charge in [-0.3, -0.25) is 0 Å². The largest absolute Gasteiger partial charge is 0.363 e. The van der Waals surface area contributed by atoms with E-state index in [4.69, 9.17) is 0 Å². The number of nitrogens with one attached hydrogen (secondary N) is 1. The molecular formula is C18H23N5. The number of hydrogen-bond acceptors (Lipinski definition) is 4. The first-order chi connectivity index (χ1) is 11.1. The number of hydrogen-bond donors (Lipinski definition) is 1. The summed E-state index contributed by atoms with van der Waals surface area (Å²) in [6, 6.07) is 10.8. The van der Waals surface area contributed by atoms with Crippen molar-refractivity contribution in [3.8, 4) is 0 Å². The molecule has 3 aromatic rings. The number of nitrogens with zero attached hydrogens (tertiary/aromatic N) is 4. The lowest BCUT2D eigenvalue weighted by Gasteiger charge is -2.25. The number of benzene rings is 1. The van der Waals surface area contributed by atoms with Crippen LogP contribution in [0.2, 0.25) is 0 Å². The molecule has 5 heteroatoms. The van der Waals surface area contributed by atoms with Crippen LogP contribution in [-0.4, -0.2) is 19.6 Å². The van der Waals surface area contributed by atoms with E-state index in [0.29, 0.717) is 11.7 Å². The SMILES string of the molecule is CCc1cc(NC(c2ccccc2C)C(C)C)n2ncnc2n1. The second-order valence-electron chi connectivity index (χ2n) is 6.18. The fourth-order valence-corrected chi connectivity index (χ4v) is 2.84. The number of fused-ring (bicyclic) bond motifs is 1. The summed E-state index contributed by atoms with van der Waals surface area (Å²) in [4.78, 5) is 8.74. The Morgan fingerprint density at radius 1 is 1.22 bits per heavy atom. The third kappa shape index (κ3) is 3.04. The van der Waals surface area contributed by atoms with Gasteiger partial charge in [-0.2, -0.15) is 14.6 Å². The van der Waals surface area contributed by atoms with Gasteiger partial charge in [0.1, 0.15) is 12.1 Å². The summed E-state index contributed by atoms with van der Waals surface area (Å²) >= 11 is 0. The minimum atomic E-state index is 0.204. The van der Waals surface area contributed by atoms with Crippen LogP contribution in [0.3, 0.4) is 0 Å². The Labute approximate surface area is 136 Å². The van der Waals surface area contributed by atoms with Gasteiger partial charge in [0.25, 0.3) is 5.78 Å². The first-order valence-electron chi connectivity index (χ1n) is 8.12. The van der Waals surface area contributed by atoms with Crippen LogP contribution in [0.1, 0.15) is 43.6 Å². The Hall–Kier alpha value is -2.43. The molecule has 1 aromatic carbocycles. The summed E-state index contributed by atoms with van der Waals surface area (Å²) in [6.45, 7) is 8.71. The molecule has 1 N–H and O–H groups in total. The highest BCUT2D eigenvalue weighted by Gasteiger charge is 2.19. The van der Waals surface area contributed by atoms with Gasteiger partial charge in [0, 0.05) is 11.8 Å². The minimum Gasteiger partial charge on any atom is -0.363 e. The second kappa shape index (κ2) is 6.36. The number of aryl methyl sites for hydroxylation is 2. The van der Waals surface area contributed by atoms with Crippen LogP contribution in [-0.2, 0) is 6.42 Å². The zero-order valence-electron chi connectivity index (χ0n) is 14.1. The van der Waals surface area contributed by atoms with Crippen molar-refractivity contribution in [1.29, 1.82) is 0 Å². The van der Waals surface area contributed by atoms with Crippen molar-refractivity contribution in [2.24, 2.45) is 5.92 Å². The third-order valence-electron chi connectivity index (χ3n) is 4.16. The molecule has 0 bridgehead atoms. The predicted octanol–water partition coefficient (Wildman–Crippen LogP) is 3.80. The van der Waals surface area contributed by atoms with Gasteiger partial charge >= 0.3 is 0 Å². The maximum absolute atomic E-state index is 4.51. The molecule has 5 nitrogen and oxygen atoms in total. The van der Waals surface area contributed by atoms with E-state index in [1.807, 2.05) is 0 Å². The van der Waals surface area contributed by atoms with Gasteiger partial charge in [-0.1, -0.05) is 45.0 Å². The fourth-order valence-electron chi connectivity index (χ4n) is 2.84. The molecule has 2 heterocycles. The van der Waals surface area contributed by atoms with Gasteiger partial charge in [-0.25, -0.2) is 4.98 Å². The van der Waals surface area contributed by atoms with Crippen LogP contribution < -0.4 is 5.32 Å². The average Bonchev–Trinajstić information content (AvgIpc) is 3.01. The van der Waals surface area contributed by atoms with Gasteiger partial charge in [0.05, 0.1) is 6.04 Å². The van der Waals surface area contributed by atoms with Crippen LogP contribution >= 0.6 is 0 Å². The van der Waals surface area contributed by atoms with E-state index in [1.165, 1.54) is 11.1 Å². The summed E-state index contributed by atoms with van der Waals surface area (Å²) < 4.78 is 1.77. The van der Waals surface area contributed by atoms with Crippen molar-refractivity contribution in [2.75, 3.05) is 5.32 Å². The Morgan fingerprint density at radius 2 is 2.00 bits per heavy atom. The molecule has 3 rings (SSSR count). The smallest absolute Gasteiger partial charge is 0.254 e. The molecule has 0 spiro atoms. The molecule has 0 amide bonds. The molecule has 120 valence electrons. The maximum atomic E-state index is 4.51. The second-order valence-corrected chi connectivity index (χ2v) is 6.18. The lowest BCUT2D eigenvalue weighted by molar-refractivity contribution is 0.540. The van der Waals surface area contributed by atoms with E-state index in [2.05, 4.69) is 78.4 Å². The van der Waals surface area contributed by atoms with E-state index < -0.39 is 0 Å². The minimum absolute atomic E-state index is 0.204.